The van der Waals surface area contributed by atoms with Crippen molar-refractivity contribution in [2.24, 2.45) is 0 Å². The molecule has 0 amide bonds. The number of nitrogen functional groups attached to an aromatic ring is 1. The van der Waals surface area contributed by atoms with Crippen molar-refractivity contribution in [3.63, 3.8) is 0 Å². The number of nitrogens with two attached hydrogens (primary N) is 1. The number of hydrogen-bond donors (Lipinski definition) is 2. The lowest BCUT2D eigenvalue weighted by Gasteiger charge is -2.18. The lowest BCUT2D eigenvalue weighted by molar-refractivity contribution is -0.162. The van der Waals surface area contributed by atoms with Gasteiger partial charge in [0.1, 0.15) is 11.3 Å². The van der Waals surface area contributed by atoms with Crippen LogP contribution in [0, 0.1) is 0 Å². The number of benzene rings is 1. The molecule has 16 heavy (non-hydrogen) atoms. The molecular weight excluding hydrogens is 240 g/mol. The van der Waals surface area contributed by atoms with E-state index >= 15 is 0 Å². The van der Waals surface area contributed by atoms with Gasteiger partial charge in [-0.3, -0.25) is 0 Å². The molecule has 0 aliphatic rings. The minimum absolute atomic E-state index is 0.466. The molecule has 1 aromatic carbocycles. The van der Waals surface area contributed by atoms with Crippen LogP contribution in [0.1, 0.15) is 11.1 Å². The van der Waals surface area contributed by atoms with Crippen LogP contribution in [0.5, 0.6) is 5.75 Å². The van der Waals surface area contributed by atoms with Crippen molar-refractivity contribution in [3.05, 3.63) is 23.3 Å². The Labute approximate surface area is 85.3 Å². The second-order valence-corrected chi connectivity index (χ2v) is 2.92. The van der Waals surface area contributed by atoms with Crippen LogP contribution in [-0.4, -0.2) is 5.11 Å². The van der Waals surface area contributed by atoms with Crippen molar-refractivity contribution in [2.45, 2.75) is 12.4 Å². The standard InChI is InChI=1S/C8H5F6NO/c9-7(10,11)5-3(15)1-2-4(16)6(5)8(12,13)14/h1-2,16H,15H2. The van der Waals surface area contributed by atoms with Gasteiger partial charge in [0.05, 0.1) is 5.56 Å². The van der Waals surface area contributed by atoms with Crippen molar-refractivity contribution in [3.8, 4) is 5.75 Å². The maximum absolute atomic E-state index is 12.3. The molecule has 3 N–H and O–H groups in total. The zero-order valence-electron chi connectivity index (χ0n) is 7.45. The molecular formula is C8H5F6NO. The zero-order valence-corrected chi connectivity index (χ0v) is 7.45. The van der Waals surface area contributed by atoms with Crippen molar-refractivity contribution >= 4 is 5.69 Å². The zero-order chi connectivity index (χ0) is 12.7. The summed E-state index contributed by atoms with van der Waals surface area (Å²) in [7, 11) is 0. The molecule has 90 valence electrons. The SMILES string of the molecule is Nc1ccc(O)c(C(F)(F)F)c1C(F)(F)F. The van der Waals surface area contributed by atoms with Gasteiger partial charge in [0.15, 0.2) is 0 Å². The molecule has 0 aromatic heterocycles. The Balaban J connectivity index is 3.64. The highest BCUT2D eigenvalue weighted by atomic mass is 19.4. The molecule has 0 saturated carbocycles. The van der Waals surface area contributed by atoms with Crippen molar-refractivity contribution in [2.75, 3.05) is 5.73 Å². The van der Waals surface area contributed by atoms with Crippen LogP contribution in [0.3, 0.4) is 0 Å². The Morgan fingerprint density at radius 1 is 0.875 bits per heavy atom. The molecule has 2 nitrogen and oxygen atoms in total. The van der Waals surface area contributed by atoms with E-state index < -0.39 is 34.9 Å². The fraction of sp³-hybridized carbons (Fsp3) is 0.250. The third-order valence-corrected chi connectivity index (χ3v) is 1.78. The van der Waals surface area contributed by atoms with Crippen LogP contribution < -0.4 is 5.73 Å². The average molecular weight is 245 g/mol. The summed E-state index contributed by atoms with van der Waals surface area (Å²) in [5.74, 6) is -1.51. The number of aromatic hydroxyl groups is 1. The maximum Gasteiger partial charge on any atom is 0.420 e. The van der Waals surface area contributed by atoms with Gasteiger partial charge in [0.2, 0.25) is 0 Å². The number of rotatable bonds is 0. The predicted octanol–water partition coefficient (Wildman–Crippen LogP) is 3.01. The molecule has 1 aromatic rings. The van der Waals surface area contributed by atoms with Gasteiger partial charge in [-0.05, 0) is 12.1 Å². The second kappa shape index (κ2) is 3.46. The first-order valence-corrected chi connectivity index (χ1v) is 3.81. The van der Waals surface area contributed by atoms with E-state index in [9.17, 15) is 26.3 Å². The third kappa shape index (κ3) is 2.15. The number of halogens is 6. The minimum Gasteiger partial charge on any atom is -0.507 e. The molecule has 1 rings (SSSR count). The fourth-order valence-electron chi connectivity index (χ4n) is 1.20. The van der Waals surface area contributed by atoms with Gasteiger partial charge < -0.3 is 10.8 Å². The third-order valence-electron chi connectivity index (χ3n) is 1.78. The molecule has 0 spiro atoms. The normalized spacial score (nSPS) is 12.9. The van der Waals surface area contributed by atoms with Crippen LogP contribution in [-0.2, 0) is 12.4 Å². The predicted molar refractivity (Wildman–Crippen MR) is 42.5 cm³/mol. The summed E-state index contributed by atoms with van der Waals surface area (Å²) in [6.07, 6.45) is -10.6. The summed E-state index contributed by atoms with van der Waals surface area (Å²) in [5, 5.41) is 8.84. The van der Waals surface area contributed by atoms with E-state index in [0.717, 1.165) is 0 Å². The first-order valence-electron chi connectivity index (χ1n) is 3.81. The lowest BCUT2D eigenvalue weighted by Crippen LogP contribution is -2.18. The highest BCUT2D eigenvalue weighted by Gasteiger charge is 2.46. The Kier molecular flexibility index (Phi) is 2.70. The van der Waals surface area contributed by atoms with Crippen molar-refractivity contribution in [1.82, 2.24) is 0 Å². The van der Waals surface area contributed by atoms with Crippen molar-refractivity contribution < 1.29 is 31.4 Å². The molecule has 0 bridgehead atoms. The fourth-order valence-corrected chi connectivity index (χ4v) is 1.20. The summed E-state index contributed by atoms with van der Waals surface area (Å²) < 4.78 is 73.9. The molecule has 0 saturated heterocycles. The van der Waals surface area contributed by atoms with Gasteiger partial charge in [-0.2, -0.15) is 26.3 Å². The van der Waals surface area contributed by atoms with Gasteiger partial charge in [0, 0.05) is 5.69 Å². The highest BCUT2D eigenvalue weighted by molar-refractivity contribution is 5.58. The van der Waals surface area contributed by atoms with E-state index in [2.05, 4.69) is 0 Å². The molecule has 0 heterocycles. The minimum atomic E-state index is -5.33. The first kappa shape index (κ1) is 12.5. The Hall–Kier alpha value is -1.60. The van der Waals surface area contributed by atoms with Crippen LogP contribution in [0.15, 0.2) is 12.1 Å². The lowest BCUT2D eigenvalue weighted by atomic mass is 10.0. The molecule has 0 aliphatic heterocycles. The van der Waals surface area contributed by atoms with E-state index in [1.54, 1.807) is 0 Å². The Morgan fingerprint density at radius 2 is 1.31 bits per heavy atom. The Bertz CT molecular complexity index is 369. The van der Waals surface area contributed by atoms with Gasteiger partial charge in [-0.15, -0.1) is 0 Å². The largest absolute Gasteiger partial charge is 0.507 e. The first-order chi connectivity index (χ1) is 7.05. The van der Waals surface area contributed by atoms with Crippen LogP contribution in [0.2, 0.25) is 0 Å². The maximum atomic E-state index is 12.3. The summed E-state index contributed by atoms with van der Waals surface area (Å²) >= 11 is 0. The molecule has 0 unspecified atom stereocenters. The molecule has 0 radical (unpaired) electrons. The van der Waals surface area contributed by atoms with E-state index in [1.807, 2.05) is 0 Å². The second-order valence-electron chi connectivity index (χ2n) is 2.92. The molecule has 8 heteroatoms. The summed E-state index contributed by atoms with van der Waals surface area (Å²) in [6, 6.07) is 1.03. The van der Waals surface area contributed by atoms with Gasteiger partial charge >= 0.3 is 12.4 Å². The number of phenolic OH excluding ortho intramolecular Hbond substituents is 1. The van der Waals surface area contributed by atoms with E-state index in [4.69, 9.17) is 10.8 Å². The van der Waals surface area contributed by atoms with Gasteiger partial charge in [-0.25, -0.2) is 0 Å². The van der Waals surface area contributed by atoms with Gasteiger partial charge in [-0.1, -0.05) is 0 Å². The number of hydrogen-bond acceptors (Lipinski definition) is 2. The Morgan fingerprint density at radius 3 is 1.62 bits per heavy atom. The monoisotopic (exact) mass is 245 g/mol. The van der Waals surface area contributed by atoms with E-state index in [0.29, 0.717) is 12.1 Å². The molecule has 0 fully saturated rings. The van der Waals surface area contributed by atoms with E-state index in [1.165, 1.54) is 0 Å². The molecule has 0 atom stereocenters. The summed E-state index contributed by atoms with van der Waals surface area (Å²) in [5.41, 5.74) is -0.480. The van der Waals surface area contributed by atoms with Crippen LogP contribution >= 0.6 is 0 Å². The topological polar surface area (TPSA) is 46.2 Å². The number of phenols is 1. The van der Waals surface area contributed by atoms with Gasteiger partial charge in [0.25, 0.3) is 0 Å². The smallest absolute Gasteiger partial charge is 0.420 e. The van der Waals surface area contributed by atoms with Crippen LogP contribution in [0.4, 0.5) is 32.0 Å². The van der Waals surface area contributed by atoms with Crippen LogP contribution in [0.25, 0.3) is 0 Å². The highest BCUT2D eigenvalue weighted by Crippen LogP contribution is 2.46. The summed E-state index contributed by atoms with van der Waals surface area (Å²) in [6.45, 7) is 0. The number of anilines is 1. The quantitative estimate of drug-likeness (QED) is 0.419. The molecule has 0 aliphatic carbocycles. The van der Waals surface area contributed by atoms with Crippen molar-refractivity contribution in [1.29, 1.82) is 0 Å². The number of alkyl halides is 6. The summed E-state index contributed by atoms with van der Waals surface area (Å²) in [4.78, 5) is 0. The average Bonchev–Trinajstić information content (AvgIpc) is 2.04. The van der Waals surface area contributed by atoms with E-state index in [-0.39, 0.29) is 0 Å².